The zero-order valence-electron chi connectivity index (χ0n) is 13.9. The minimum atomic E-state index is -0.156. The number of amides is 1. The van der Waals surface area contributed by atoms with E-state index >= 15 is 0 Å². The topological polar surface area (TPSA) is 38.3 Å². The maximum absolute atomic E-state index is 12.5. The molecule has 0 spiro atoms. The Morgan fingerprint density at radius 2 is 1.80 bits per heavy atom. The molecule has 3 aromatic rings. The van der Waals surface area contributed by atoms with Gasteiger partial charge in [-0.3, -0.25) is 4.79 Å². The zero-order chi connectivity index (χ0) is 17.5. The average molecular weight is 349 g/mol. The van der Waals surface area contributed by atoms with Gasteiger partial charge in [0, 0.05) is 16.5 Å². The maximum Gasteiger partial charge on any atom is 0.244 e. The molecule has 1 N–H and O–H groups in total. The first-order valence-electron chi connectivity index (χ1n) is 7.98. The molecule has 0 radical (unpaired) electrons. The van der Waals surface area contributed by atoms with Crippen LogP contribution in [0, 0.1) is 0 Å². The molecule has 1 aromatic heterocycles. The lowest BCUT2D eigenvalue weighted by Crippen LogP contribution is -2.27. The molecular formula is C21H19NO2S. The summed E-state index contributed by atoms with van der Waals surface area (Å²) in [4.78, 5) is 13.6. The van der Waals surface area contributed by atoms with Gasteiger partial charge in [0.25, 0.3) is 0 Å². The normalized spacial score (nSPS) is 12.0. The molecule has 0 aliphatic heterocycles. The van der Waals surface area contributed by atoms with Gasteiger partial charge in [-0.2, -0.15) is 0 Å². The van der Waals surface area contributed by atoms with Crippen LogP contribution < -0.4 is 10.1 Å². The van der Waals surface area contributed by atoms with Gasteiger partial charge < -0.3 is 10.1 Å². The molecule has 2 aromatic carbocycles. The molecular weight excluding hydrogens is 330 g/mol. The quantitative estimate of drug-likeness (QED) is 0.657. The summed E-state index contributed by atoms with van der Waals surface area (Å²) in [5.41, 5.74) is 1.93. The summed E-state index contributed by atoms with van der Waals surface area (Å²) < 4.78 is 5.31. The molecule has 1 heterocycles. The Labute approximate surface area is 151 Å². The Morgan fingerprint density at radius 1 is 1.04 bits per heavy atom. The molecule has 0 fully saturated rings. The predicted octanol–water partition coefficient (Wildman–Crippen LogP) is 4.68. The number of nitrogens with one attached hydrogen (secondary N) is 1. The minimum absolute atomic E-state index is 0.145. The first-order valence-corrected chi connectivity index (χ1v) is 8.86. The molecule has 25 heavy (non-hydrogen) atoms. The molecule has 0 bridgehead atoms. The third-order valence-electron chi connectivity index (χ3n) is 3.80. The smallest absolute Gasteiger partial charge is 0.244 e. The van der Waals surface area contributed by atoms with Crippen molar-refractivity contribution in [1.82, 2.24) is 5.32 Å². The van der Waals surface area contributed by atoms with Gasteiger partial charge in [0.15, 0.2) is 0 Å². The van der Waals surface area contributed by atoms with Crippen LogP contribution in [0.4, 0.5) is 0 Å². The molecule has 0 saturated heterocycles. The van der Waals surface area contributed by atoms with Gasteiger partial charge in [0.1, 0.15) is 5.75 Å². The van der Waals surface area contributed by atoms with Gasteiger partial charge in [-0.05, 0) is 29.2 Å². The Bertz CT molecular complexity index is 841. The van der Waals surface area contributed by atoms with E-state index in [0.717, 1.165) is 21.8 Å². The van der Waals surface area contributed by atoms with Crippen molar-refractivity contribution in [3.05, 3.63) is 94.2 Å². The fraction of sp³-hybridized carbons (Fsp3) is 0.0952. The average Bonchev–Trinajstić information content (AvgIpc) is 3.20. The number of carbonyl (C=O) groups excluding carboxylic acids is 1. The highest BCUT2D eigenvalue weighted by Gasteiger charge is 2.16. The lowest BCUT2D eigenvalue weighted by atomic mass is 10.1. The SMILES string of the molecule is COc1ccccc1/C=C/C(=O)NC(c1ccccc1)c1cccs1. The minimum Gasteiger partial charge on any atom is -0.496 e. The fourth-order valence-corrected chi connectivity index (χ4v) is 3.38. The van der Waals surface area contributed by atoms with Gasteiger partial charge >= 0.3 is 0 Å². The molecule has 4 heteroatoms. The number of para-hydroxylation sites is 1. The third kappa shape index (κ3) is 4.37. The van der Waals surface area contributed by atoms with E-state index in [4.69, 9.17) is 4.74 Å². The van der Waals surface area contributed by atoms with Crippen molar-refractivity contribution in [3.63, 3.8) is 0 Å². The van der Waals surface area contributed by atoms with E-state index < -0.39 is 0 Å². The molecule has 3 nitrogen and oxygen atoms in total. The first-order chi connectivity index (χ1) is 12.3. The molecule has 0 aliphatic carbocycles. The number of thiophene rings is 1. The summed E-state index contributed by atoms with van der Waals surface area (Å²) in [5, 5.41) is 5.10. The van der Waals surface area contributed by atoms with Crippen LogP contribution in [0.2, 0.25) is 0 Å². The summed E-state index contributed by atoms with van der Waals surface area (Å²) in [6.07, 6.45) is 3.31. The molecule has 126 valence electrons. The van der Waals surface area contributed by atoms with Crippen LogP contribution in [0.1, 0.15) is 22.0 Å². The monoisotopic (exact) mass is 349 g/mol. The molecule has 0 aliphatic rings. The number of benzene rings is 2. The highest BCUT2D eigenvalue weighted by molar-refractivity contribution is 7.10. The van der Waals surface area contributed by atoms with E-state index in [0.29, 0.717) is 0 Å². The van der Waals surface area contributed by atoms with Crippen LogP contribution >= 0.6 is 11.3 Å². The number of hydrogen-bond acceptors (Lipinski definition) is 3. The lowest BCUT2D eigenvalue weighted by Gasteiger charge is -2.17. The van der Waals surface area contributed by atoms with Crippen molar-refractivity contribution >= 4 is 23.3 Å². The molecule has 0 saturated carbocycles. The molecule has 3 rings (SSSR count). The highest BCUT2D eigenvalue weighted by atomic mass is 32.1. The summed E-state index contributed by atoms with van der Waals surface area (Å²) in [7, 11) is 1.62. The van der Waals surface area contributed by atoms with Crippen LogP contribution in [-0.4, -0.2) is 13.0 Å². The molecule has 1 amide bonds. The largest absolute Gasteiger partial charge is 0.496 e. The fourth-order valence-electron chi connectivity index (χ4n) is 2.58. The summed E-state index contributed by atoms with van der Waals surface area (Å²) in [6.45, 7) is 0. The molecule has 1 atom stereocenters. The van der Waals surface area contributed by atoms with Gasteiger partial charge in [-0.1, -0.05) is 54.6 Å². The zero-order valence-corrected chi connectivity index (χ0v) is 14.7. The highest BCUT2D eigenvalue weighted by Crippen LogP contribution is 2.26. The maximum atomic E-state index is 12.5. The van der Waals surface area contributed by atoms with Gasteiger partial charge in [0.2, 0.25) is 5.91 Å². The predicted molar refractivity (Wildman–Crippen MR) is 103 cm³/mol. The van der Waals surface area contributed by atoms with E-state index in [1.54, 1.807) is 30.6 Å². The van der Waals surface area contributed by atoms with Crippen molar-refractivity contribution in [3.8, 4) is 5.75 Å². The number of rotatable bonds is 6. The summed E-state index contributed by atoms with van der Waals surface area (Å²) in [5.74, 6) is 0.595. The third-order valence-corrected chi connectivity index (χ3v) is 4.74. The van der Waals surface area contributed by atoms with Crippen LogP contribution in [-0.2, 0) is 4.79 Å². The van der Waals surface area contributed by atoms with E-state index in [1.165, 1.54) is 0 Å². The summed E-state index contributed by atoms with van der Waals surface area (Å²) in [6, 6.07) is 21.4. The van der Waals surface area contributed by atoms with E-state index in [2.05, 4.69) is 5.32 Å². The lowest BCUT2D eigenvalue weighted by molar-refractivity contribution is -0.116. The van der Waals surface area contributed by atoms with Crippen LogP contribution in [0.15, 0.2) is 78.2 Å². The second kappa shape index (κ2) is 8.31. The van der Waals surface area contributed by atoms with Crippen molar-refractivity contribution in [2.45, 2.75) is 6.04 Å². The Kier molecular flexibility index (Phi) is 5.65. The molecule has 1 unspecified atom stereocenters. The van der Waals surface area contributed by atoms with Crippen LogP contribution in [0.3, 0.4) is 0 Å². The van der Waals surface area contributed by atoms with E-state index in [1.807, 2.05) is 72.1 Å². The van der Waals surface area contributed by atoms with Crippen molar-refractivity contribution in [2.75, 3.05) is 7.11 Å². The van der Waals surface area contributed by atoms with E-state index in [9.17, 15) is 4.79 Å². The van der Waals surface area contributed by atoms with E-state index in [-0.39, 0.29) is 11.9 Å². The second-order valence-electron chi connectivity index (χ2n) is 5.44. The Balaban J connectivity index is 1.78. The Hall–Kier alpha value is -2.85. The second-order valence-corrected chi connectivity index (χ2v) is 6.42. The van der Waals surface area contributed by atoms with Crippen LogP contribution in [0.25, 0.3) is 6.08 Å². The van der Waals surface area contributed by atoms with Gasteiger partial charge in [0.05, 0.1) is 13.2 Å². The summed E-state index contributed by atoms with van der Waals surface area (Å²) >= 11 is 1.63. The Morgan fingerprint density at radius 3 is 2.52 bits per heavy atom. The van der Waals surface area contributed by atoms with Crippen molar-refractivity contribution < 1.29 is 9.53 Å². The number of methoxy groups -OCH3 is 1. The van der Waals surface area contributed by atoms with Crippen molar-refractivity contribution in [1.29, 1.82) is 0 Å². The number of hydrogen-bond donors (Lipinski definition) is 1. The standard InChI is InChI=1S/C21H19NO2S/c1-24-18-11-6-5-8-16(18)13-14-20(23)22-21(19-12-7-15-25-19)17-9-3-2-4-10-17/h2-15,21H,1H3,(H,22,23)/b14-13+. The number of ether oxygens (including phenoxy) is 1. The van der Waals surface area contributed by atoms with Gasteiger partial charge in [-0.15, -0.1) is 11.3 Å². The van der Waals surface area contributed by atoms with Crippen LogP contribution in [0.5, 0.6) is 5.75 Å². The number of carbonyl (C=O) groups is 1. The van der Waals surface area contributed by atoms with Gasteiger partial charge in [-0.25, -0.2) is 0 Å². The first kappa shape index (κ1) is 17.0. The van der Waals surface area contributed by atoms with Crippen molar-refractivity contribution in [2.24, 2.45) is 0 Å².